The fourth-order valence-corrected chi connectivity index (χ4v) is 3.82. The molecular weight excluding hydrogens is 356 g/mol. The van der Waals surface area contributed by atoms with Gasteiger partial charge in [-0.05, 0) is 69.9 Å². The molecule has 1 aromatic heterocycles. The maximum absolute atomic E-state index is 12.6. The highest BCUT2D eigenvalue weighted by Crippen LogP contribution is 2.37. The van der Waals surface area contributed by atoms with Crippen LogP contribution in [0, 0.1) is 13.8 Å². The molecule has 2 heterocycles. The Morgan fingerprint density at radius 1 is 1.21 bits per heavy atom. The average Bonchev–Trinajstić information content (AvgIpc) is 3.35. The van der Waals surface area contributed by atoms with Gasteiger partial charge in [-0.25, -0.2) is 4.68 Å². The summed E-state index contributed by atoms with van der Waals surface area (Å²) in [7, 11) is 0. The minimum Gasteiger partial charge on any atom is -0.380 e. The summed E-state index contributed by atoms with van der Waals surface area (Å²) in [6.45, 7) is 5.04. The van der Waals surface area contributed by atoms with Gasteiger partial charge < -0.3 is 15.3 Å². The van der Waals surface area contributed by atoms with Crippen LogP contribution in [-0.4, -0.2) is 56.3 Å². The number of hydrogen-bond donors (Lipinski definition) is 2. The van der Waals surface area contributed by atoms with Crippen molar-refractivity contribution in [3.05, 3.63) is 47.3 Å². The van der Waals surface area contributed by atoms with E-state index < -0.39 is 5.60 Å². The summed E-state index contributed by atoms with van der Waals surface area (Å²) >= 11 is 0. The van der Waals surface area contributed by atoms with E-state index in [0.717, 1.165) is 29.9 Å². The third kappa shape index (κ3) is 3.67. The lowest BCUT2D eigenvalue weighted by molar-refractivity contribution is -0.143. The third-order valence-corrected chi connectivity index (χ3v) is 5.55. The highest BCUT2D eigenvalue weighted by molar-refractivity contribution is 5.94. The molecule has 1 aliphatic carbocycles. The molecule has 2 fully saturated rings. The van der Waals surface area contributed by atoms with Crippen molar-refractivity contribution in [2.75, 3.05) is 13.1 Å². The van der Waals surface area contributed by atoms with E-state index in [2.05, 4.69) is 10.4 Å². The second-order valence-electron chi connectivity index (χ2n) is 7.98. The molecule has 148 valence electrons. The van der Waals surface area contributed by atoms with E-state index in [9.17, 15) is 14.7 Å². The predicted molar refractivity (Wildman–Crippen MR) is 104 cm³/mol. The van der Waals surface area contributed by atoms with Crippen LogP contribution in [0.25, 0.3) is 5.69 Å². The molecular formula is C21H26N4O3. The van der Waals surface area contributed by atoms with Crippen molar-refractivity contribution in [3.63, 3.8) is 0 Å². The van der Waals surface area contributed by atoms with E-state index in [4.69, 9.17) is 0 Å². The zero-order chi connectivity index (χ0) is 19.9. The molecule has 1 aliphatic heterocycles. The summed E-state index contributed by atoms with van der Waals surface area (Å²) in [4.78, 5) is 26.7. The van der Waals surface area contributed by atoms with E-state index in [0.29, 0.717) is 31.5 Å². The fourth-order valence-electron chi connectivity index (χ4n) is 3.82. The lowest BCUT2D eigenvalue weighted by atomic mass is 10.0. The monoisotopic (exact) mass is 382 g/mol. The summed E-state index contributed by atoms with van der Waals surface area (Å²) < 4.78 is 1.85. The molecule has 1 saturated carbocycles. The SMILES string of the molecule is Cc1cc(C)n(-c2ccc(C(=O)N[C@H]3CCCN(C(=O)C4(O)CC4)C3)cc2)n1. The predicted octanol–water partition coefficient (Wildman–Crippen LogP) is 1.73. The van der Waals surface area contributed by atoms with Crippen molar-refractivity contribution >= 4 is 11.8 Å². The summed E-state index contributed by atoms with van der Waals surface area (Å²) in [5.41, 5.74) is 2.33. The molecule has 2 N–H and O–H groups in total. The first-order valence-electron chi connectivity index (χ1n) is 9.82. The van der Waals surface area contributed by atoms with Crippen LogP contribution < -0.4 is 5.32 Å². The van der Waals surface area contributed by atoms with Crippen LogP contribution in [0.1, 0.15) is 47.4 Å². The van der Waals surface area contributed by atoms with Gasteiger partial charge in [0.15, 0.2) is 0 Å². The molecule has 1 saturated heterocycles. The summed E-state index contributed by atoms with van der Waals surface area (Å²) in [5, 5.41) is 17.5. The van der Waals surface area contributed by atoms with Gasteiger partial charge >= 0.3 is 0 Å². The molecule has 0 radical (unpaired) electrons. The van der Waals surface area contributed by atoms with E-state index in [1.165, 1.54) is 0 Å². The number of aryl methyl sites for hydroxylation is 2. The average molecular weight is 382 g/mol. The van der Waals surface area contributed by atoms with Crippen LogP contribution in [0.5, 0.6) is 0 Å². The van der Waals surface area contributed by atoms with Crippen molar-refractivity contribution < 1.29 is 14.7 Å². The Balaban J connectivity index is 1.39. The van der Waals surface area contributed by atoms with E-state index in [1.54, 1.807) is 17.0 Å². The lowest BCUT2D eigenvalue weighted by Crippen LogP contribution is -2.52. The number of nitrogens with one attached hydrogen (secondary N) is 1. The first-order chi connectivity index (χ1) is 13.4. The zero-order valence-corrected chi connectivity index (χ0v) is 16.3. The molecule has 0 bridgehead atoms. The smallest absolute Gasteiger partial charge is 0.254 e. The topological polar surface area (TPSA) is 87.5 Å². The van der Waals surface area contributed by atoms with Gasteiger partial charge in [0, 0.05) is 30.4 Å². The highest BCUT2D eigenvalue weighted by atomic mass is 16.3. The summed E-state index contributed by atoms with van der Waals surface area (Å²) in [6.07, 6.45) is 2.74. The molecule has 4 rings (SSSR count). The van der Waals surface area contributed by atoms with Gasteiger partial charge in [-0.2, -0.15) is 5.10 Å². The minimum absolute atomic E-state index is 0.0942. The van der Waals surface area contributed by atoms with Gasteiger partial charge in [-0.3, -0.25) is 9.59 Å². The van der Waals surface area contributed by atoms with Crippen LogP contribution in [0.3, 0.4) is 0 Å². The number of likely N-dealkylation sites (tertiary alicyclic amines) is 1. The van der Waals surface area contributed by atoms with Gasteiger partial charge in [0.05, 0.1) is 11.4 Å². The third-order valence-electron chi connectivity index (χ3n) is 5.55. The number of carbonyl (C=O) groups excluding carboxylic acids is 2. The van der Waals surface area contributed by atoms with Crippen molar-refractivity contribution in [2.24, 2.45) is 0 Å². The second-order valence-corrected chi connectivity index (χ2v) is 7.98. The molecule has 2 aromatic rings. The van der Waals surface area contributed by atoms with Crippen molar-refractivity contribution in [1.29, 1.82) is 0 Å². The molecule has 2 amide bonds. The summed E-state index contributed by atoms with van der Waals surface area (Å²) in [5.74, 6) is -0.343. The minimum atomic E-state index is -1.15. The number of aliphatic hydroxyl groups is 1. The maximum Gasteiger partial charge on any atom is 0.254 e. The number of amides is 2. The molecule has 7 nitrogen and oxygen atoms in total. The van der Waals surface area contributed by atoms with Gasteiger partial charge in [0.2, 0.25) is 0 Å². The zero-order valence-electron chi connectivity index (χ0n) is 16.3. The molecule has 7 heteroatoms. The van der Waals surface area contributed by atoms with Crippen molar-refractivity contribution in [3.8, 4) is 5.69 Å². The first-order valence-corrected chi connectivity index (χ1v) is 9.82. The van der Waals surface area contributed by atoms with Crippen LogP contribution in [-0.2, 0) is 4.79 Å². The van der Waals surface area contributed by atoms with Crippen LogP contribution in [0.2, 0.25) is 0 Å². The van der Waals surface area contributed by atoms with Crippen molar-refractivity contribution in [2.45, 2.75) is 51.2 Å². The maximum atomic E-state index is 12.6. The molecule has 2 aliphatic rings. The number of aromatic nitrogens is 2. The molecule has 1 aromatic carbocycles. The number of rotatable bonds is 4. The van der Waals surface area contributed by atoms with Crippen LogP contribution in [0.4, 0.5) is 0 Å². The Hall–Kier alpha value is -2.67. The number of piperidine rings is 1. The molecule has 28 heavy (non-hydrogen) atoms. The van der Waals surface area contributed by atoms with Gasteiger partial charge in [0.1, 0.15) is 5.60 Å². The Labute approximate surface area is 164 Å². The first kappa shape index (κ1) is 18.7. The highest BCUT2D eigenvalue weighted by Gasteiger charge is 2.50. The second kappa shape index (κ2) is 7.05. The largest absolute Gasteiger partial charge is 0.380 e. The van der Waals surface area contributed by atoms with Crippen LogP contribution >= 0.6 is 0 Å². The van der Waals surface area contributed by atoms with Crippen molar-refractivity contribution in [1.82, 2.24) is 20.0 Å². The Morgan fingerprint density at radius 3 is 2.54 bits per heavy atom. The number of nitrogens with zero attached hydrogens (tertiary/aromatic N) is 3. The van der Waals surface area contributed by atoms with Crippen LogP contribution in [0.15, 0.2) is 30.3 Å². The fraction of sp³-hybridized carbons (Fsp3) is 0.476. The number of hydrogen-bond acceptors (Lipinski definition) is 4. The van der Waals surface area contributed by atoms with E-state index >= 15 is 0 Å². The lowest BCUT2D eigenvalue weighted by Gasteiger charge is -2.34. The number of carbonyl (C=O) groups is 2. The van der Waals surface area contributed by atoms with Gasteiger partial charge in [-0.1, -0.05) is 0 Å². The quantitative estimate of drug-likeness (QED) is 0.843. The van der Waals surface area contributed by atoms with Gasteiger partial charge in [-0.15, -0.1) is 0 Å². The Kier molecular flexibility index (Phi) is 4.71. The standard InChI is InChI=1S/C21H26N4O3/c1-14-12-15(2)25(23-14)18-7-5-16(6-8-18)19(26)22-17-4-3-11-24(13-17)20(27)21(28)9-10-21/h5-8,12,17,28H,3-4,9-11,13H2,1-2H3,(H,22,26)/t17-/m0/s1. The molecule has 0 spiro atoms. The Morgan fingerprint density at radius 2 is 1.93 bits per heavy atom. The molecule has 0 unspecified atom stereocenters. The van der Waals surface area contributed by atoms with E-state index in [1.807, 2.05) is 36.7 Å². The normalized spacial score (nSPS) is 20.7. The van der Waals surface area contributed by atoms with Gasteiger partial charge in [0.25, 0.3) is 11.8 Å². The number of benzene rings is 1. The van der Waals surface area contributed by atoms with E-state index in [-0.39, 0.29) is 17.9 Å². The Bertz CT molecular complexity index is 899. The molecule has 1 atom stereocenters. The summed E-state index contributed by atoms with van der Waals surface area (Å²) in [6, 6.07) is 9.26.